The molecule has 0 spiro atoms. The van der Waals surface area contributed by atoms with Crippen molar-refractivity contribution in [1.29, 1.82) is 0 Å². The Balaban J connectivity index is 1.51. The highest BCUT2D eigenvalue weighted by Crippen LogP contribution is 2.35. The van der Waals surface area contributed by atoms with Crippen LogP contribution in [0.3, 0.4) is 0 Å². The molecule has 0 saturated carbocycles. The first-order valence-electron chi connectivity index (χ1n) is 12.7. The van der Waals surface area contributed by atoms with Gasteiger partial charge in [-0.15, -0.1) is 0 Å². The topological polar surface area (TPSA) is 74.7 Å². The molecule has 0 bridgehead atoms. The number of amides is 2. The van der Waals surface area contributed by atoms with E-state index in [1.807, 2.05) is 33.5 Å². The summed E-state index contributed by atoms with van der Waals surface area (Å²) in [7, 11) is 0. The van der Waals surface area contributed by atoms with Gasteiger partial charge >= 0.3 is 11.6 Å². The minimum Gasteiger partial charge on any atom is -0.329 e. The van der Waals surface area contributed by atoms with E-state index < -0.39 is 5.66 Å². The lowest BCUT2D eigenvalue weighted by molar-refractivity contribution is -0.749. The van der Waals surface area contributed by atoms with Crippen LogP contribution >= 0.6 is 0 Å². The van der Waals surface area contributed by atoms with Crippen LogP contribution in [-0.2, 0) is 11.1 Å². The Morgan fingerprint density at radius 1 is 1.08 bits per heavy atom. The van der Waals surface area contributed by atoms with Crippen molar-refractivity contribution < 1.29 is 14.2 Å². The molecule has 37 heavy (non-hydrogen) atoms. The van der Waals surface area contributed by atoms with E-state index in [-0.39, 0.29) is 17.2 Å². The van der Waals surface area contributed by atoms with E-state index in [0.29, 0.717) is 31.0 Å². The zero-order valence-corrected chi connectivity index (χ0v) is 21.9. The summed E-state index contributed by atoms with van der Waals surface area (Å²) in [5.41, 5.74) is 5.10. The van der Waals surface area contributed by atoms with Gasteiger partial charge in [0.15, 0.2) is 6.20 Å². The number of aryl methyl sites for hydroxylation is 1. The van der Waals surface area contributed by atoms with Crippen molar-refractivity contribution in [3.63, 3.8) is 0 Å². The summed E-state index contributed by atoms with van der Waals surface area (Å²) in [6, 6.07) is 15.8. The van der Waals surface area contributed by atoms with Gasteiger partial charge in [0.1, 0.15) is 11.4 Å². The zero-order valence-electron chi connectivity index (χ0n) is 21.9. The third-order valence-corrected chi connectivity index (χ3v) is 7.59. The molecule has 188 valence electrons. The van der Waals surface area contributed by atoms with Crippen LogP contribution in [0.2, 0.25) is 0 Å². The van der Waals surface area contributed by atoms with Gasteiger partial charge in [-0.1, -0.05) is 66.3 Å². The van der Waals surface area contributed by atoms with E-state index in [1.165, 1.54) is 5.56 Å². The molecule has 1 saturated heterocycles. The molecular weight excluding hydrogens is 464 g/mol. The van der Waals surface area contributed by atoms with Gasteiger partial charge in [0.25, 0.3) is 5.91 Å². The molecule has 0 aliphatic carbocycles. The molecule has 0 radical (unpaired) electrons. The number of imidazole rings is 1. The number of rotatable bonds is 2. The number of fused-ring (bicyclic) bond motifs is 5. The van der Waals surface area contributed by atoms with Crippen LogP contribution < -0.4 is 4.57 Å². The number of aromatic nitrogens is 4. The highest BCUT2D eigenvalue weighted by molar-refractivity contribution is 5.95. The number of hydrogen-bond acceptors (Lipinski definition) is 4. The normalized spacial score (nSPS) is 19.3. The molecule has 8 nitrogen and oxygen atoms in total. The fourth-order valence-corrected chi connectivity index (χ4v) is 5.64. The quantitative estimate of drug-likeness (QED) is 0.399. The summed E-state index contributed by atoms with van der Waals surface area (Å²) in [4.78, 5) is 34.9. The van der Waals surface area contributed by atoms with Crippen molar-refractivity contribution in [2.75, 3.05) is 19.6 Å². The first kappa shape index (κ1) is 23.3. The lowest BCUT2D eigenvalue weighted by Gasteiger charge is -2.42. The van der Waals surface area contributed by atoms with E-state index in [9.17, 15) is 9.59 Å². The number of hydrogen-bond donors (Lipinski definition) is 0. The summed E-state index contributed by atoms with van der Waals surface area (Å²) in [5, 5.41) is 4.95. The predicted octanol–water partition coefficient (Wildman–Crippen LogP) is 3.57. The van der Waals surface area contributed by atoms with Crippen LogP contribution in [0.1, 0.15) is 59.8 Å². The van der Waals surface area contributed by atoms with Crippen molar-refractivity contribution in [1.82, 2.24) is 24.4 Å². The number of pyridine rings is 1. The molecule has 2 amide bonds. The molecule has 6 rings (SSSR count). The molecule has 1 aromatic carbocycles. The lowest BCUT2D eigenvalue weighted by atomic mass is 9.87. The maximum atomic E-state index is 13.7. The molecule has 0 N–H and O–H groups in total. The Kier molecular flexibility index (Phi) is 5.02. The maximum absolute atomic E-state index is 13.7. The first-order chi connectivity index (χ1) is 17.6. The number of carbonyl (C=O) groups is 2. The van der Waals surface area contributed by atoms with Gasteiger partial charge in [-0.05, 0) is 30.5 Å². The lowest BCUT2D eigenvalue weighted by Crippen LogP contribution is -2.69. The summed E-state index contributed by atoms with van der Waals surface area (Å²) >= 11 is 0. The highest BCUT2D eigenvalue weighted by Gasteiger charge is 2.57. The molecule has 8 heteroatoms. The average Bonchev–Trinajstić information content (AvgIpc) is 3.36. The summed E-state index contributed by atoms with van der Waals surface area (Å²) in [6.45, 7) is 11.9. The Labute approximate surface area is 216 Å². The number of benzene rings is 1. The fraction of sp³-hybridized carbons (Fsp3) is 0.345. The van der Waals surface area contributed by atoms with Crippen LogP contribution in [0.4, 0.5) is 0 Å². The molecule has 2 aliphatic heterocycles. The number of piperazine rings is 1. The number of nitrogens with zero attached hydrogens (tertiary/aromatic N) is 6. The standard InChI is InChI=1S/C29H31N6O2/c1-19-9-11-20(12-10-19)23-16-21(28(2,3)4)25-34(31-23)17-24-27(37)33-15-14-32(18-29(33,5)35(24)25)26(36)22-8-6-7-13-30-22/h6-13,16-17H,14-15,18H2,1-5H3/q+1. The van der Waals surface area contributed by atoms with Crippen molar-refractivity contribution in [2.24, 2.45) is 0 Å². The third kappa shape index (κ3) is 3.54. The highest BCUT2D eigenvalue weighted by atomic mass is 16.2. The van der Waals surface area contributed by atoms with Crippen LogP contribution in [0.25, 0.3) is 16.9 Å². The minimum absolute atomic E-state index is 0.0327. The van der Waals surface area contributed by atoms with Crippen molar-refractivity contribution in [2.45, 2.75) is 45.7 Å². The summed E-state index contributed by atoms with van der Waals surface area (Å²) < 4.78 is 3.95. The van der Waals surface area contributed by atoms with Crippen molar-refractivity contribution >= 4 is 17.5 Å². The van der Waals surface area contributed by atoms with E-state index in [0.717, 1.165) is 22.5 Å². The van der Waals surface area contributed by atoms with Crippen LogP contribution in [0.15, 0.2) is 60.9 Å². The number of carbonyl (C=O) groups excluding carboxylic acids is 2. The molecule has 5 heterocycles. The predicted molar refractivity (Wildman–Crippen MR) is 139 cm³/mol. The zero-order chi connectivity index (χ0) is 26.1. The molecule has 1 fully saturated rings. The van der Waals surface area contributed by atoms with Crippen LogP contribution in [-0.4, -0.2) is 55.8 Å². The van der Waals surface area contributed by atoms with E-state index in [4.69, 9.17) is 5.10 Å². The van der Waals surface area contributed by atoms with E-state index >= 15 is 0 Å². The smallest absolute Gasteiger partial charge is 0.313 e. The van der Waals surface area contributed by atoms with Crippen molar-refractivity contribution in [3.8, 4) is 11.3 Å². The van der Waals surface area contributed by atoms with Gasteiger partial charge in [0.05, 0.1) is 12.1 Å². The Morgan fingerprint density at radius 2 is 1.84 bits per heavy atom. The van der Waals surface area contributed by atoms with E-state index in [2.05, 4.69) is 67.6 Å². The second-order valence-electron chi connectivity index (χ2n) is 11.3. The summed E-state index contributed by atoms with van der Waals surface area (Å²) in [6.07, 6.45) is 3.48. The van der Waals surface area contributed by atoms with Gasteiger partial charge in [0, 0.05) is 31.8 Å². The van der Waals surface area contributed by atoms with Crippen LogP contribution in [0, 0.1) is 6.92 Å². The largest absolute Gasteiger partial charge is 0.329 e. The minimum atomic E-state index is -0.739. The summed E-state index contributed by atoms with van der Waals surface area (Å²) in [5.74, 6) is -0.156. The van der Waals surface area contributed by atoms with Gasteiger partial charge in [0.2, 0.25) is 11.4 Å². The van der Waals surface area contributed by atoms with Crippen LogP contribution in [0.5, 0.6) is 0 Å². The fourth-order valence-electron chi connectivity index (χ4n) is 5.64. The van der Waals surface area contributed by atoms with Gasteiger partial charge in [-0.25, -0.2) is 0 Å². The Bertz CT molecular complexity index is 1550. The first-order valence-corrected chi connectivity index (χ1v) is 12.7. The Morgan fingerprint density at radius 3 is 2.51 bits per heavy atom. The Hall–Kier alpha value is -4.07. The monoisotopic (exact) mass is 495 g/mol. The molecule has 1 unspecified atom stereocenters. The molecule has 2 aliphatic rings. The second-order valence-corrected chi connectivity index (χ2v) is 11.3. The van der Waals surface area contributed by atoms with Gasteiger partial charge in [-0.3, -0.25) is 19.5 Å². The van der Waals surface area contributed by atoms with E-state index in [1.54, 1.807) is 18.3 Å². The average molecular weight is 496 g/mol. The SMILES string of the molecule is Cc1ccc(-c2cc(C(C)(C)C)c3n(cc4[n+]3C3(C)CN(C(=O)c5ccccn5)CCN3C4=O)n2)cc1. The molecular formula is C29H31N6O2+. The van der Waals surface area contributed by atoms with Gasteiger partial charge < -0.3 is 4.90 Å². The van der Waals surface area contributed by atoms with Crippen molar-refractivity contribution in [3.05, 3.63) is 83.4 Å². The maximum Gasteiger partial charge on any atom is 0.313 e. The molecule has 3 aromatic heterocycles. The third-order valence-electron chi connectivity index (χ3n) is 7.59. The molecule has 1 atom stereocenters. The second kappa shape index (κ2) is 7.96. The molecule has 4 aromatic rings. The van der Waals surface area contributed by atoms with Gasteiger partial charge in [-0.2, -0.15) is 4.57 Å².